The third-order valence-corrected chi connectivity index (χ3v) is 3.43. The van der Waals surface area contributed by atoms with Gasteiger partial charge in [0.05, 0.1) is 11.9 Å². The minimum Gasteiger partial charge on any atom is -0.370 e. The Balaban J connectivity index is 1.99. The molecular formula is C14H18N4O2. The van der Waals surface area contributed by atoms with E-state index in [4.69, 9.17) is 4.74 Å². The van der Waals surface area contributed by atoms with Crippen molar-refractivity contribution in [3.8, 4) is 11.3 Å². The maximum atomic E-state index is 11.9. The van der Waals surface area contributed by atoms with Gasteiger partial charge in [-0.25, -0.2) is 4.98 Å². The SMILES string of the molecule is CCOC(c1nc(-c2cnn(C)c2)cc(=O)[nH]1)C1CC1. The molecule has 1 fully saturated rings. The highest BCUT2D eigenvalue weighted by molar-refractivity contribution is 5.56. The average Bonchev–Trinajstić information content (AvgIpc) is 3.16. The predicted molar refractivity (Wildman–Crippen MR) is 74.2 cm³/mol. The first kappa shape index (κ1) is 13.1. The number of nitrogens with zero attached hydrogens (tertiary/aromatic N) is 3. The van der Waals surface area contributed by atoms with Crippen molar-refractivity contribution in [1.29, 1.82) is 0 Å². The fraction of sp³-hybridized carbons (Fsp3) is 0.500. The fourth-order valence-electron chi connectivity index (χ4n) is 2.33. The van der Waals surface area contributed by atoms with Gasteiger partial charge < -0.3 is 9.72 Å². The van der Waals surface area contributed by atoms with Crippen LogP contribution in [0, 0.1) is 5.92 Å². The van der Waals surface area contributed by atoms with Crippen LogP contribution in [-0.4, -0.2) is 26.4 Å². The number of rotatable bonds is 5. The van der Waals surface area contributed by atoms with Gasteiger partial charge in [-0.2, -0.15) is 5.10 Å². The second kappa shape index (κ2) is 5.20. The molecule has 0 bridgehead atoms. The fourth-order valence-corrected chi connectivity index (χ4v) is 2.33. The number of aryl methyl sites for hydroxylation is 1. The van der Waals surface area contributed by atoms with Crippen molar-refractivity contribution in [1.82, 2.24) is 19.7 Å². The summed E-state index contributed by atoms with van der Waals surface area (Å²) in [6.07, 6.45) is 5.71. The van der Waals surface area contributed by atoms with Gasteiger partial charge in [0.15, 0.2) is 0 Å². The van der Waals surface area contributed by atoms with Gasteiger partial charge in [-0.1, -0.05) is 0 Å². The van der Waals surface area contributed by atoms with Crippen molar-refractivity contribution >= 4 is 0 Å². The van der Waals surface area contributed by atoms with E-state index in [0.717, 1.165) is 18.4 Å². The zero-order valence-corrected chi connectivity index (χ0v) is 11.7. The molecule has 1 aliphatic rings. The number of ether oxygens (including phenoxy) is 1. The van der Waals surface area contributed by atoms with Crippen LogP contribution in [0.1, 0.15) is 31.7 Å². The van der Waals surface area contributed by atoms with Gasteiger partial charge in [-0.3, -0.25) is 9.48 Å². The topological polar surface area (TPSA) is 72.8 Å². The summed E-state index contributed by atoms with van der Waals surface area (Å²) in [6, 6.07) is 1.50. The summed E-state index contributed by atoms with van der Waals surface area (Å²) in [4.78, 5) is 19.2. The number of aromatic amines is 1. The first-order chi connectivity index (χ1) is 9.67. The van der Waals surface area contributed by atoms with Gasteiger partial charge in [0.1, 0.15) is 11.9 Å². The first-order valence-electron chi connectivity index (χ1n) is 6.89. The van der Waals surface area contributed by atoms with Gasteiger partial charge in [-0.05, 0) is 25.7 Å². The lowest BCUT2D eigenvalue weighted by Crippen LogP contribution is -2.17. The van der Waals surface area contributed by atoms with E-state index in [9.17, 15) is 4.79 Å². The van der Waals surface area contributed by atoms with E-state index in [1.54, 1.807) is 10.9 Å². The smallest absolute Gasteiger partial charge is 0.251 e. The molecule has 1 atom stereocenters. The van der Waals surface area contributed by atoms with E-state index in [-0.39, 0.29) is 11.7 Å². The van der Waals surface area contributed by atoms with Crippen LogP contribution in [0.2, 0.25) is 0 Å². The summed E-state index contributed by atoms with van der Waals surface area (Å²) in [5, 5.41) is 4.11. The van der Waals surface area contributed by atoms with Crippen molar-refractivity contribution in [2.24, 2.45) is 13.0 Å². The van der Waals surface area contributed by atoms with Gasteiger partial charge in [0, 0.05) is 31.5 Å². The summed E-state index contributed by atoms with van der Waals surface area (Å²) in [5.41, 5.74) is 1.33. The first-order valence-corrected chi connectivity index (χ1v) is 6.89. The van der Waals surface area contributed by atoms with Crippen molar-refractivity contribution in [3.63, 3.8) is 0 Å². The second-order valence-corrected chi connectivity index (χ2v) is 5.13. The Hall–Kier alpha value is -1.95. The van der Waals surface area contributed by atoms with E-state index in [1.165, 1.54) is 6.07 Å². The lowest BCUT2D eigenvalue weighted by atomic mass is 10.2. The summed E-state index contributed by atoms with van der Waals surface area (Å²) in [6.45, 7) is 2.57. The highest BCUT2D eigenvalue weighted by atomic mass is 16.5. The Labute approximate surface area is 116 Å². The molecule has 6 heteroatoms. The Morgan fingerprint density at radius 3 is 2.95 bits per heavy atom. The summed E-state index contributed by atoms with van der Waals surface area (Å²) in [5.74, 6) is 1.10. The lowest BCUT2D eigenvalue weighted by Gasteiger charge is -2.15. The van der Waals surface area contributed by atoms with Crippen molar-refractivity contribution < 1.29 is 4.74 Å². The molecular weight excluding hydrogens is 256 g/mol. The van der Waals surface area contributed by atoms with Crippen molar-refractivity contribution in [2.45, 2.75) is 25.9 Å². The van der Waals surface area contributed by atoms with Crippen LogP contribution < -0.4 is 5.56 Å². The molecule has 1 saturated carbocycles. The summed E-state index contributed by atoms with van der Waals surface area (Å²) in [7, 11) is 1.84. The maximum absolute atomic E-state index is 11.9. The standard InChI is InChI=1S/C14H18N4O2/c1-3-20-13(9-4-5-9)14-16-11(6-12(19)17-14)10-7-15-18(2)8-10/h6-9,13H,3-5H2,1-2H3,(H,16,17,19). The third-order valence-electron chi connectivity index (χ3n) is 3.43. The van der Waals surface area contributed by atoms with E-state index < -0.39 is 0 Å². The molecule has 106 valence electrons. The van der Waals surface area contributed by atoms with E-state index in [1.807, 2.05) is 20.2 Å². The van der Waals surface area contributed by atoms with Gasteiger partial charge in [0.2, 0.25) is 0 Å². The minimum atomic E-state index is -0.154. The van der Waals surface area contributed by atoms with Crippen molar-refractivity contribution in [2.75, 3.05) is 6.61 Å². The zero-order chi connectivity index (χ0) is 14.1. The van der Waals surface area contributed by atoms with Crippen LogP contribution in [0.3, 0.4) is 0 Å². The molecule has 0 spiro atoms. The normalized spacial score (nSPS) is 16.3. The number of nitrogens with one attached hydrogen (secondary N) is 1. The molecule has 1 aliphatic carbocycles. The third kappa shape index (κ3) is 2.65. The Kier molecular flexibility index (Phi) is 3.40. The molecule has 0 aromatic carbocycles. The summed E-state index contributed by atoms with van der Waals surface area (Å²) < 4.78 is 7.44. The lowest BCUT2D eigenvalue weighted by molar-refractivity contribution is 0.0399. The molecule has 1 N–H and O–H groups in total. The number of H-pyrrole nitrogens is 1. The Morgan fingerprint density at radius 1 is 1.55 bits per heavy atom. The number of hydrogen-bond donors (Lipinski definition) is 1. The van der Waals surface area contributed by atoms with E-state index >= 15 is 0 Å². The maximum Gasteiger partial charge on any atom is 0.251 e. The minimum absolute atomic E-state index is 0.107. The van der Waals surface area contributed by atoms with Gasteiger partial charge >= 0.3 is 0 Å². The molecule has 2 aromatic heterocycles. The van der Waals surface area contributed by atoms with Gasteiger partial charge in [-0.15, -0.1) is 0 Å². The second-order valence-electron chi connectivity index (χ2n) is 5.13. The number of hydrogen-bond acceptors (Lipinski definition) is 4. The number of aromatic nitrogens is 4. The Bertz CT molecular complexity index is 657. The predicted octanol–water partition coefficient (Wildman–Crippen LogP) is 1.66. The molecule has 20 heavy (non-hydrogen) atoms. The van der Waals surface area contributed by atoms with Crippen LogP contribution in [0.15, 0.2) is 23.3 Å². The van der Waals surface area contributed by atoms with Crippen LogP contribution in [0.4, 0.5) is 0 Å². The summed E-state index contributed by atoms with van der Waals surface area (Å²) >= 11 is 0. The molecule has 2 heterocycles. The average molecular weight is 274 g/mol. The molecule has 1 unspecified atom stereocenters. The molecule has 3 rings (SSSR count). The quantitative estimate of drug-likeness (QED) is 0.900. The van der Waals surface area contributed by atoms with Crippen LogP contribution in [0.25, 0.3) is 11.3 Å². The van der Waals surface area contributed by atoms with Crippen molar-refractivity contribution in [3.05, 3.63) is 34.6 Å². The Morgan fingerprint density at radius 2 is 2.35 bits per heavy atom. The molecule has 0 radical (unpaired) electrons. The van der Waals surface area contributed by atoms with Crippen LogP contribution >= 0.6 is 0 Å². The highest BCUT2D eigenvalue weighted by Crippen LogP contribution is 2.42. The largest absolute Gasteiger partial charge is 0.370 e. The molecule has 2 aromatic rings. The zero-order valence-electron chi connectivity index (χ0n) is 11.7. The van der Waals surface area contributed by atoms with E-state index in [2.05, 4.69) is 15.1 Å². The van der Waals surface area contributed by atoms with E-state index in [0.29, 0.717) is 24.0 Å². The molecule has 0 aliphatic heterocycles. The monoisotopic (exact) mass is 274 g/mol. The highest BCUT2D eigenvalue weighted by Gasteiger charge is 2.34. The molecule has 6 nitrogen and oxygen atoms in total. The molecule has 0 amide bonds. The van der Waals surface area contributed by atoms with Gasteiger partial charge in [0.25, 0.3) is 5.56 Å². The van der Waals surface area contributed by atoms with Crippen LogP contribution in [-0.2, 0) is 11.8 Å². The molecule has 0 saturated heterocycles. The van der Waals surface area contributed by atoms with Crippen LogP contribution in [0.5, 0.6) is 0 Å².